The van der Waals surface area contributed by atoms with Gasteiger partial charge in [-0.25, -0.2) is 0 Å². The maximum atomic E-state index is 12.8. The van der Waals surface area contributed by atoms with Gasteiger partial charge in [-0.2, -0.15) is 0 Å². The summed E-state index contributed by atoms with van der Waals surface area (Å²) in [4.78, 5) is 15.7. The van der Waals surface area contributed by atoms with Gasteiger partial charge >= 0.3 is 0 Å². The first-order chi connectivity index (χ1) is 10.3. The van der Waals surface area contributed by atoms with Crippen molar-refractivity contribution in [3.8, 4) is 0 Å². The van der Waals surface area contributed by atoms with Crippen LogP contribution in [0.15, 0.2) is 30.3 Å². The van der Waals surface area contributed by atoms with Gasteiger partial charge < -0.3 is 10.2 Å². The lowest BCUT2D eigenvalue weighted by Gasteiger charge is -2.25. The summed E-state index contributed by atoms with van der Waals surface area (Å²) in [5, 5.41) is 4.66. The molecule has 0 bridgehead atoms. The second-order valence-electron chi connectivity index (χ2n) is 5.69. The number of carbonyl (C=O) groups excluding carboxylic acids is 1. The zero-order valence-electron chi connectivity index (χ0n) is 12.5. The van der Waals surface area contributed by atoms with Gasteiger partial charge in [0.25, 0.3) is 5.91 Å². The lowest BCUT2D eigenvalue weighted by atomic mass is 10.2. The molecule has 0 radical (unpaired) electrons. The number of hydrogen-bond acceptors (Lipinski definition) is 3. The van der Waals surface area contributed by atoms with Gasteiger partial charge in [0.1, 0.15) is 0 Å². The minimum atomic E-state index is 0.187. The van der Waals surface area contributed by atoms with E-state index < -0.39 is 0 Å². The number of hydrogen-bond donors (Lipinski definition) is 1. The fourth-order valence-corrected chi connectivity index (χ4v) is 4.00. The summed E-state index contributed by atoms with van der Waals surface area (Å²) in [5.74, 6) is 0.187. The molecule has 1 aliphatic rings. The van der Waals surface area contributed by atoms with Gasteiger partial charge in [0.15, 0.2) is 0 Å². The largest absolute Gasteiger partial charge is 0.336 e. The quantitative estimate of drug-likeness (QED) is 0.916. The molecule has 1 atom stereocenters. The predicted octanol–water partition coefficient (Wildman–Crippen LogP) is 3.51. The third kappa shape index (κ3) is 3.27. The van der Waals surface area contributed by atoms with E-state index >= 15 is 0 Å². The van der Waals surface area contributed by atoms with Gasteiger partial charge in [-0.05, 0) is 43.3 Å². The summed E-state index contributed by atoms with van der Waals surface area (Å²) >= 11 is 1.61. The highest BCUT2D eigenvalue weighted by molar-refractivity contribution is 7.20. The number of nitrogens with zero attached hydrogens (tertiary/aromatic N) is 1. The minimum Gasteiger partial charge on any atom is -0.336 e. The first kappa shape index (κ1) is 14.5. The monoisotopic (exact) mass is 302 g/mol. The Balaban J connectivity index is 1.78. The van der Waals surface area contributed by atoms with Gasteiger partial charge in [0.05, 0.1) is 4.88 Å². The second kappa shape index (κ2) is 6.58. The molecule has 21 heavy (non-hydrogen) atoms. The van der Waals surface area contributed by atoms with Crippen LogP contribution in [0.2, 0.25) is 0 Å². The van der Waals surface area contributed by atoms with Crippen molar-refractivity contribution in [2.75, 3.05) is 19.6 Å². The predicted molar refractivity (Wildman–Crippen MR) is 89.0 cm³/mol. The zero-order valence-corrected chi connectivity index (χ0v) is 13.3. The van der Waals surface area contributed by atoms with E-state index in [4.69, 9.17) is 0 Å². The molecule has 0 saturated carbocycles. The summed E-state index contributed by atoms with van der Waals surface area (Å²) in [6, 6.07) is 10.7. The maximum absolute atomic E-state index is 12.8. The lowest BCUT2D eigenvalue weighted by Crippen LogP contribution is -2.41. The Morgan fingerprint density at radius 1 is 1.43 bits per heavy atom. The highest BCUT2D eigenvalue weighted by Crippen LogP contribution is 2.26. The molecule has 1 N–H and O–H groups in total. The van der Waals surface area contributed by atoms with Crippen molar-refractivity contribution in [2.24, 2.45) is 0 Å². The van der Waals surface area contributed by atoms with Crippen LogP contribution in [0, 0.1) is 0 Å². The maximum Gasteiger partial charge on any atom is 0.264 e. The van der Waals surface area contributed by atoms with Crippen LogP contribution in [0.1, 0.15) is 35.9 Å². The van der Waals surface area contributed by atoms with Gasteiger partial charge in [0.2, 0.25) is 0 Å². The van der Waals surface area contributed by atoms with Crippen LogP contribution >= 0.6 is 11.3 Å². The Labute approximate surface area is 130 Å². The Bertz CT molecular complexity index is 583. The smallest absolute Gasteiger partial charge is 0.264 e. The molecule has 1 amide bonds. The first-order valence-electron chi connectivity index (χ1n) is 7.79. The number of benzene rings is 1. The second-order valence-corrected chi connectivity index (χ2v) is 6.78. The molecule has 2 heterocycles. The molecule has 0 aliphatic carbocycles. The van der Waals surface area contributed by atoms with Crippen molar-refractivity contribution >= 4 is 27.3 Å². The topological polar surface area (TPSA) is 32.3 Å². The third-order valence-electron chi connectivity index (χ3n) is 4.02. The Hall–Kier alpha value is -1.39. The van der Waals surface area contributed by atoms with E-state index in [0.29, 0.717) is 6.04 Å². The number of rotatable bonds is 5. The molecule has 1 unspecified atom stereocenters. The molecule has 112 valence electrons. The first-order valence-corrected chi connectivity index (χ1v) is 8.61. The summed E-state index contributed by atoms with van der Waals surface area (Å²) in [5.41, 5.74) is 0. The van der Waals surface area contributed by atoms with Crippen molar-refractivity contribution in [3.63, 3.8) is 0 Å². The number of nitrogens with one attached hydrogen (secondary N) is 1. The molecule has 1 aromatic heterocycles. The molecule has 4 heteroatoms. The molecular weight excluding hydrogens is 280 g/mol. The number of thiophene rings is 1. The van der Waals surface area contributed by atoms with Crippen molar-refractivity contribution in [2.45, 2.75) is 32.2 Å². The summed E-state index contributed by atoms with van der Waals surface area (Å²) in [6.07, 6.45) is 3.41. The molecular formula is C17H22N2OS. The average Bonchev–Trinajstić information content (AvgIpc) is 3.14. The van der Waals surface area contributed by atoms with Gasteiger partial charge in [0, 0.05) is 23.8 Å². The average molecular weight is 302 g/mol. The van der Waals surface area contributed by atoms with Crippen LogP contribution in [-0.4, -0.2) is 36.5 Å². The van der Waals surface area contributed by atoms with Gasteiger partial charge in [-0.15, -0.1) is 11.3 Å². The Morgan fingerprint density at radius 2 is 2.29 bits per heavy atom. The minimum absolute atomic E-state index is 0.187. The van der Waals surface area contributed by atoms with Crippen molar-refractivity contribution in [1.29, 1.82) is 0 Å². The van der Waals surface area contributed by atoms with Crippen LogP contribution in [0.3, 0.4) is 0 Å². The highest BCUT2D eigenvalue weighted by atomic mass is 32.1. The van der Waals surface area contributed by atoms with Gasteiger partial charge in [-0.3, -0.25) is 4.79 Å². The molecule has 2 aromatic rings. The zero-order chi connectivity index (χ0) is 14.7. The van der Waals surface area contributed by atoms with Crippen molar-refractivity contribution in [1.82, 2.24) is 10.2 Å². The number of amides is 1. The molecule has 0 spiro atoms. The van der Waals surface area contributed by atoms with E-state index in [9.17, 15) is 4.79 Å². The Kier molecular flexibility index (Phi) is 4.56. The van der Waals surface area contributed by atoms with E-state index in [1.165, 1.54) is 22.9 Å². The van der Waals surface area contributed by atoms with Crippen LogP contribution in [0.4, 0.5) is 0 Å². The molecule has 3 nitrogen and oxygen atoms in total. The molecule has 1 aliphatic heterocycles. The third-order valence-corrected chi connectivity index (χ3v) is 5.12. The van der Waals surface area contributed by atoms with Crippen LogP contribution < -0.4 is 5.32 Å². The van der Waals surface area contributed by atoms with E-state index in [1.54, 1.807) is 11.3 Å². The van der Waals surface area contributed by atoms with Crippen molar-refractivity contribution < 1.29 is 4.79 Å². The molecule has 1 saturated heterocycles. The van der Waals surface area contributed by atoms with Crippen molar-refractivity contribution in [3.05, 3.63) is 35.2 Å². The highest BCUT2D eigenvalue weighted by Gasteiger charge is 2.23. The van der Waals surface area contributed by atoms with Crippen LogP contribution in [0.5, 0.6) is 0 Å². The van der Waals surface area contributed by atoms with E-state index in [1.807, 2.05) is 23.1 Å². The fourth-order valence-electron chi connectivity index (χ4n) is 2.97. The van der Waals surface area contributed by atoms with Gasteiger partial charge in [-0.1, -0.05) is 25.1 Å². The normalized spacial score (nSPS) is 18.2. The summed E-state index contributed by atoms with van der Waals surface area (Å²) in [7, 11) is 0. The van der Waals surface area contributed by atoms with E-state index in [-0.39, 0.29) is 5.91 Å². The van der Waals surface area contributed by atoms with E-state index in [2.05, 4.69) is 24.4 Å². The summed E-state index contributed by atoms with van der Waals surface area (Å²) in [6.45, 7) is 4.89. The van der Waals surface area contributed by atoms with Crippen LogP contribution in [0.25, 0.3) is 10.1 Å². The molecule has 1 fully saturated rings. The lowest BCUT2D eigenvalue weighted by molar-refractivity contribution is 0.0747. The molecule has 3 rings (SSSR count). The number of carbonyl (C=O) groups is 1. The standard InChI is InChI=1S/C17H22N2OS/c1-2-10-19(12-14-7-5-9-18-14)17(20)16-11-13-6-3-4-8-15(13)21-16/h3-4,6,8,11,14,18H,2,5,7,9-10,12H2,1H3. The van der Waals surface area contributed by atoms with E-state index in [0.717, 1.165) is 30.9 Å². The summed E-state index contributed by atoms with van der Waals surface area (Å²) < 4.78 is 1.19. The SMILES string of the molecule is CCCN(CC1CCCN1)C(=O)c1cc2ccccc2s1. The fraction of sp³-hybridized carbons (Fsp3) is 0.471. The molecule has 1 aromatic carbocycles. The Morgan fingerprint density at radius 3 is 3.00 bits per heavy atom. The number of fused-ring (bicyclic) bond motifs is 1. The van der Waals surface area contributed by atoms with Crippen LogP contribution in [-0.2, 0) is 0 Å².